The van der Waals surface area contributed by atoms with E-state index in [0.717, 1.165) is 16.8 Å². The third kappa shape index (κ3) is 4.22. The van der Waals surface area contributed by atoms with Crippen LogP contribution in [0.5, 0.6) is 0 Å². The number of pyridine rings is 1. The summed E-state index contributed by atoms with van der Waals surface area (Å²) < 4.78 is 25.8. The average Bonchev–Trinajstić information content (AvgIpc) is 3.58. The highest BCUT2D eigenvalue weighted by Gasteiger charge is 2.24. The Hall–Kier alpha value is -5.49. The molecule has 196 valence electrons. The van der Waals surface area contributed by atoms with Gasteiger partial charge in [0.2, 0.25) is 5.89 Å². The third-order valence-corrected chi connectivity index (χ3v) is 6.63. The molecule has 0 unspecified atom stereocenters. The number of carbonyl (C=O) groups excluding carboxylic acids is 1. The zero-order chi connectivity index (χ0) is 28.0. The van der Waals surface area contributed by atoms with Crippen LogP contribution in [-0.2, 0) is 0 Å². The van der Waals surface area contributed by atoms with Gasteiger partial charge in [0.05, 0.1) is 17.2 Å². The molecule has 3 heterocycles. The van der Waals surface area contributed by atoms with Crippen molar-refractivity contribution in [1.82, 2.24) is 15.3 Å². The minimum absolute atomic E-state index is 0.331. The Labute approximate surface area is 228 Å². The Kier molecular flexibility index (Phi) is 6.00. The molecular weight excluding hydrogens is 509 g/mol. The van der Waals surface area contributed by atoms with Gasteiger partial charge in [-0.15, -0.1) is 0 Å². The summed E-state index contributed by atoms with van der Waals surface area (Å²) in [5.74, 6) is -0.0531. The van der Waals surface area contributed by atoms with Crippen LogP contribution >= 0.6 is 0 Å². The molecule has 0 aliphatic carbocycles. The first kappa shape index (κ1) is 24.8. The van der Waals surface area contributed by atoms with Gasteiger partial charge in [0.15, 0.2) is 11.2 Å². The number of aromatic nitrogens is 2. The molecule has 0 fully saturated rings. The van der Waals surface area contributed by atoms with E-state index < -0.39 is 0 Å². The second-order valence-electron chi connectivity index (χ2n) is 9.41. The van der Waals surface area contributed by atoms with Crippen molar-refractivity contribution in [1.29, 1.82) is 5.26 Å². The molecule has 0 atom stereocenters. The second-order valence-corrected chi connectivity index (χ2v) is 9.41. The number of furan rings is 1. The lowest BCUT2D eigenvalue weighted by atomic mass is 9.95. The molecule has 0 aliphatic heterocycles. The number of amides is 1. The summed E-state index contributed by atoms with van der Waals surface area (Å²) in [6, 6.07) is 20.7. The number of nitrogens with one attached hydrogen (secondary N) is 1. The van der Waals surface area contributed by atoms with Crippen molar-refractivity contribution in [3.8, 4) is 40.0 Å². The molecule has 6 aromatic rings. The van der Waals surface area contributed by atoms with Crippen molar-refractivity contribution in [2.45, 2.75) is 0 Å². The molecule has 40 heavy (non-hydrogen) atoms. The lowest BCUT2D eigenvalue weighted by Crippen LogP contribution is -2.18. The molecule has 6 rings (SSSR count). The predicted molar refractivity (Wildman–Crippen MR) is 150 cm³/mol. The summed E-state index contributed by atoms with van der Waals surface area (Å²) >= 11 is 0. The van der Waals surface area contributed by atoms with E-state index in [1.807, 2.05) is 37.2 Å². The van der Waals surface area contributed by atoms with Gasteiger partial charge >= 0.3 is 0 Å². The van der Waals surface area contributed by atoms with Crippen LogP contribution in [0.15, 0.2) is 81.8 Å². The van der Waals surface area contributed by atoms with Crippen LogP contribution in [0.25, 0.3) is 56.1 Å². The van der Waals surface area contributed by atoms with Crippen molar-refractivity contribution in [3.05, 3.63) is 89.9 Å². The van der Waals surface area contributed by atoms with Crippen LogP contribution in [0.3, 0.4) is 0 Å². The number of carbonyl (C=O) groups is 1. The quantitative estimate of drug-likeness (QED) is 0.274. The van der Waals surface area contributed by atoms with Crippen LogP contribution in [0.4, 0.5) is 10.1 Å². The molecule has 1 N–H and O–H groups in total. The maximum Gasteiger partial charge on any atom is 0.255 e. The number of nitrogens with zero attached hydrogens (tertiary/aromatic N) is 4. The van der Waals surface area contributed by atoms with E-state index in [9.17, 15) is 14.4 Å². The third-order valence-electron chi connectivity index (χ3n) is 6.63. The van der Waals surface area contributed by atoms with Gasteiger partial charge in [0.1, 0.15) is 17.2 Å². The van der Waals surface area contributed by atoms with Crippen LogP contribution in [0.1, 0.15) is 15.9 Å². The zero-order valence-corrected chi connectivity index (χ0v) is 21.8. The van der Waals surface area contributed by atoms with Gasteiger partial charge in [-0.1, -0.05) is 0 Å². The van der Waals surface area contributed by atoms with E-state index in [-0.39, 0.29) is 11.7 Å². The summed E-state index contributed by atoms with van der Waals surface area (Å²) in [5, 5.41) is 13.1. The normalized spacial score (nSPS) is 11.1. The highest BCUT2D eigenvalue weighted by Crippen LogP contribution is 2.41. The molecule has 3 aromatic heterocycles. The SMILES string of the molecule is CNC(=O)c1c(-c2ccc(F)cc2)oc2cc(N(C)C)c(-c3cc(C#N)cc(-c4nc5ncccc5o4)c3)cc12. The fraction of sp³-hybridized carbons (Fsp3) is 0.0968. The smallest absolute Gasteiger partial charge is 0.255 e. The Balaban J connectivity index is 1.60. The molecule has 0 saturated carbocycles. The summed E-state index contributed by atoms with van der Waals surface area (Å²) in [6.07, 6.45) is 1.64. The fourth-order valence-electron chi connectivity index (χ4n) is 4.75. The Bertz CT molecular complexity index is 1930. The first-order chi connectivity index (χ1) is 19.4. The van der Waals surface area contributed by atoms with Gasteiger partial charge < -0.3 is 19.1 Å². The fourth-order valence-corrected chi connectivity index (χ4v) is 4.75. The lowest BCUT2D eigenvalue weighted by molar-refractivity contribution is 0.0964. The molecular formula is C31H22FN5O3. The molecule has 9 heteroatoms. The topological polar surface area (TPSA) is 108 Å². The maximum absolute atomic E-state index is 13.6. The minimum Gasteiger partial charge on any atom is -0.455 e. The number of fused-ring (bicyclic) bond motifs is 2. The van der Waals surface area contributed by atoms with E-state index in [1.54, 1.807) is 49.6 Å². The van der Waals surface area contributed by atoms with Crippen LogP contribution < -0.4 is 10.2 Å². The van der Waals surface area contributed by atoms with Crippen molar-refractivity contribution in [2.24, 2.45) is 0 Å². The Morgan fingerprint density at radius 3 is 2.45 bits per heavy atom. The largest absolute Gasteiger partial charge is 0.455 e. The predicted octanol–water partition coefficient (Wildman–Crippen LogP) is 6.41. The van der Waals surface area contributed by atoms with Crippen molar-refractivity contribution in [3.63, 3.8) is 0 Å². The minimum atomic E-state index is -0.388. The maximum atomic E-state index is 13.6. The summed E-state index contributed by atoms with van der Waals surface area (Å²) in [6.45, 7) is 0. The summed E-state index contributed by atoms with van der Waals surface area (Å²) in [4.78, 5) is 23.8. The van der Waals surface area contributed by atoms with E-state index in [2.05, 4.69) is 21.4 Å². The molecule has 0 saturated heterocycles. The number of hydrogen-bond donors (Lipinski definition) is 1. The van der Waals surface area contributed by atoms with Gasteiger partial charge in [-0.3, -0.25) is 4.79 Å². The van der Waals surface area contributed by atoms with Gasteiger partial charge in [-0.05, 0) is 66.2 Å². The molecule has 1 amide bonds. The highest BCUT2D eigenvalue weighted by molar-refractivity contribution is 6.13. The molecule has 0 radical (unpaired) electrons. The van der Waals surface area contributed by atoms with E-state index in [0.29, 0.717) is 56.1 Å². The zero-order valence-electron chi connectivity index (χ0n) is 21.8. The molecule has 0 bridgehead atoms. The average molecular weight is 532 g/mol. The number of oxazole rings is 1. The van der Waals surface area contributed by atoms with Crippen molar-refractivity contribution in [2.75, 3.05) is 26.0 Å². The first-order valence-corrected chi connectivity index (χ1v) is 12.4. The molecule has 3 aromatic carbocycles. The van der Waals surface area contributed by atoms with Crippen molar-refractivity contribution < 1.29 is 18.0 Å². The van der Waals surface area contributed by atoms with Gasteiger partial charge in [-0.2, -0.15) is 10.2 Å². The van der Waals surface area contributed by atoms with Crippen LogP contribution in [0, 0.1) is 17.1 Å². The number of hydrogen-bond acceptors (Lipinski definition) is 7. The second kappa shape index (κ2) is 9.67. The van der Waals surface area contributed by atoms with Gasteiger partial charge in [0, 0.05) is 61.2 Å². The highest BCUT2D eigenvalue weighted by atomic mass is 19.1. The molecule has 8 nitrogen and oxygen atoms in total. The summed E-state index contributed by atoms with van der Waals surface area (Å²) in [5.41, 5.74) is 5.73. The number of rotatable bonds is 5. The van der Waals surface area contributed by atoms with E-state index in [1.165, 1.54) is 12.1 Å². The van der Waals surface area contributed by atoms with Gasteiger partial charge in [0.25, 0.3) is 5.91 Å². The molecule has 0 aliphatic rings. The summed E-state index contributed by atoms with van der Waals surface area (Å²) in [7, 11) is 5.34. The van der Waals surface area contributed by atoms with E-state index >= 15 is 0 Å². The monoisotopic (exact) mass is 531 g/mol. The van der Waals surface area contributed by atoms with Crippen molar-refractivity contribution >= 4 is 33.8 Å². The van der Waals surface area contributed by atoms with Crippen LogP contribution in [0.2, 0.25) is 0 Å². The lowest BCUT2D eigenvalue weighted by Gasteiger charge is -2.18. The first-order valence-electron chi connectivity index (χ1n) is 12.4. The Morgan fingerprint density at radius 2 is 1.75 bits per heavy atom. The van der Waals surface area contributed by atoms with E-state index in [4.69, 9.17) is 8.83 Å². The van der Waals surface area contributed by atoms with Gasteiger partial charge in [-0.25, -0.2) is 9.37 Å². The number of benzene rings is 3. The number of anilines is 1. The molecule has 0 spiro atoms. The van der Waals surface area contributed by atoms with Crippen LogP contribution in [-0.4, -0.2) is 37.0 Å². The number of nitriles is 1. The number of halogens is 1. The standard InChI is InChI=1S/C31H22FN5O3/c1-34-30(38)27-23-14-22(24(37(2)3)15-26(23)39-28(27)18-6-8-21(32)9-7-18)19-11-17(16-33)12-20(13-19)31-36-29-25(40-31)5-4-10-35-29/h4-15H,1-3H3,(H,34,38). The Morgan fingerprint density at radius 1 is 0.975 bits per heavy atom.